The summed E-state index contributed by atoms with van der Waals surface area (Å²) < 4.78 is 0. The van der Waals surface area contributed by atoms with Crippen LogP contribution in [0.2, 0.25) is 0 Å². The highest BCUT2D eigenvalue weighted by Gasteiger charge is 2.16. The maximum Gasteiger partial charge on any atom is 0.107 e. The van der Waals surface area contributed by atoms with Crippen molar-refractivity contribution in [2.24, 2.45) is 0 Å². The molecule has 1 aromatic heterocycles. The van der Waals surface area contributed by atoms with Gasteiger partial charge in [-0.1, -0.05) is 0 Å². The zero-order valence-corrected chi connectivity index (χ0v) is 11.2. The average Bonchev–Trinajstić information content (AvgIpc) is 2.78. The largest absolute Gasteiger partial charge is 0.313 e. The van der Waals surface area contributed by atoms with Crippen LogP contribution in [0.25, 0.3) is 0 Å². The highest BCUT2D eigenvalue weighted by molar-refractivity contribution is 7.11. The first-order valence-corrected chi connectivity index (χ1v) is 6.81. The van der Waals surface area contributed by atoms with Gasteiger partial charge in [-0.05, 0) is 40.3 Å². The lowest BCUT2D eigenvalue weighted by atomic mass is 10.2. The second kappa shape index (κ2) is 5.25. The van der Waals surface area contributed by atoms with Gasteiger partial charge in [0.1, 0.15) is 5.01 Å². The Balaban J connectivity index is 1.84. The van der Waals surface area contributed by atoms with Crippen molar-refractivity contribution in [1.29, 1.82) is 0 Å². The van der Waals surface area contributed by atoms with Gasteiger partial charge >= 0.3 is 0 Å². The fourth-order valence-electron chi connectivity index (χ4n) is 2.19. The third kappa shape index (κ3) is 3.03. The third-order valence-electron chi connectivity index (χ3n) is 3.17. The fraction of sp³-hybridized carbons (Fsp3) is 0.750. The number of aromatic nitrogens is 1. The van der Waals surface area contributed by atoms with Crippen molar-refractivity contribution in [3.05, 3.63) is 15.6 Å². The summed E-state index contributed by atoms with van der Waals surface area (Å²) in [5.74, 6) is 0. The van der Waals surface area contributed by atoms with Crippen molar-refractivity contribution in [2.75, 3.05) is 20.1 Å². The van der Waals surface area contributed by atoms with Crippen LogP contribution in [0.15, 0.2) is 0 Å². The number of hydrogen-bond donors (Lipinski definition) is 1. The molecule has 0 radical (unpaired) electrons. The van der Waals surface area contributed by atoms with E-state index in [0.29, 0.717) is 6.04 Å². The van der Waals surface area contributed by atoms with Gasteiger partial charge in [-0.25, -0.2) is 4.98 Å². The molecule has 0 saturated carbocycles. The summed E-state index contributed by atoms with van der Waals surface area (Å²) >= 11 is 1.83. The Bertz CT molecular complexity index is 323. The molecule has 1 aliphatic rings. The van der Waals surface area contributed by atoms with Gasteiger partial charge < -0.3 is 5.32 Å². The van der Waals surface area contributed by atoms with E-state index < -0.39 is 0 Å². The molecular weight excluding hydrogens is 218 g/mol. The lowest BCUT2D eigenvalue weighted by Gasteiger charge is -2.19. The number of thiazole rings is 1. The van der Waals surface area contributed by atoms with E-state index in [9.17, 15) is 0 Å². The van der Waals surface area contributed by atoms with Crippen molar-refractivity contribution < 1.29 is 0 Å². The minimum atomic E-state index is 0.687. The van der Waals surface area contributed by atoms with Crippen LogP contribution in [0.1, 0.15) is 28.4 Å². The minimum Gasteiger partial charge on any atom is -0.313 e. The minimum absolute atomic E-state index is 0.687. The molecule has 1 aromatic rings. The average molecular weight is 239 g/mol. The van der Waals surface area contributed by atoms with Gasteiger partial charge in [0.15, 0.2) is 0 Å². The standard InChI is InChI=1S/C12H21N3S/c1-9-10(2)16-12(14-9)8-15(3)7-11-5-4-6-13-11/h11,13H,4-8H2,1-3H3. The smallest absolute Gasteiger partial charge is 0.107 e. The van der Waals surface area contributed by atoms with E-state index in [1.54, 1.807) is 0 Å². The quantitative estimate of drug-likeness (QED) is 0.870. The van der Waals surface area contributed by atoms with Gasteiger partial charge in [0.25, 0.3) is 0 Å². The van der Waals surface area contributed by atoms with Gasteiger partial charge in [-0.15, -0.1) is 11.3 Å². The second-order valence-corrected chi connectivity index (χ2v) is 6.03. The number of nitrogens with zero attached hydrogens (tertiary/aromatic N) is 2. The molecule has 0 amide bonds. The first kappa shape index (κ1) is 12.0. The predicted octanol–water partition coefficient (Wildman–Crippen LogP) is 1.94. The van der Waals surface area contributed by atoms with Crippen LogP contribution < -0.4 is 5.32 Å². The monoisotopic (exact) mass is 239 g/mol. The van der Waals surface area contributed by atoms with E-state index in [-0.39, 0.29) is 0 Å². The zero-order chi connectivity index (χ0) is 11.5. The molecule has 4 heteroatoms. The summed E-state index contributed by atoms with van der Waals surface area (Å²) in [6, 6.07) is 0.687. The highest BCUT2D eigenvalue weighted by atomic mass is 32.1. The van der Waals surface area contributed by atoms with Crippen LogP contribution in [-0.2, 0) is 6.54 Å². The van der Waals surface area contributed by atoms with Gasteiger partial charge in [-0.3, -0.25) is 4.90 Å². The summed E-state index contributed by atoms with van der Waals surface area (Å²) in [6.45, 7) is 7.55. The van der Waals surface area contributed by atoms with Crippen LogP contribution in [0.3, 0.4) is 0 Å². The lowest BCUT2D eigenvalue weighted by molar-refractivity contribution is 0.293. The van der Waals surface area contributed by atoms with Crippen molar-refractivity contribution in [3.8, 4) is 0 Å². The van der Waals surface area contributed by atoms with Crippen LogP contribution in [-0.4, -0.2) is 36.1 Å². The van der Waals surface area contributed by atoms with E-state index in [0.717, 1.165) is 13.1 Å². The molecule has 2 rings (SSSR count). The number of rotatable bonds is 4. The Labute approximate surface area is 102 Å². The van der Waals surface area contributed by atoms with Crippen LogP contribution >= 0.6 is 11.3 Å². The molecule has 1 N–H and O–H groups in total. The Hall–Kier alpha value is -0.450. The summed E-state index contributed by atoms with van der Waals surface area (Å²) in [4.78, 5) is 8.31. The van der Waals surface area contributed by atoms with E-state index in [1.807, 2.05) is 11.3 Å². The van der Waals surface area contributed by atoms with Crippen LogP contribution in [0.5, 0.6) is 0 Å². The SMILES string of the molecule is Cc1nc(CN(C)CC2CCCN2)sc1C. The molecule has 0 aromatic carbocycles. The van der Waals surface area contributed by atoms with Crippen LogP contribution in [0, 0.1) is 13.8 Å². The molecule has 1 saturated heterocycles. The molecule has 0 aliphatic carbocycles. The van der Waals surface area contributed by atoms with Crippen molar-refractivity contribution in [2.45, 2.75) is 39.3 Å². The summed E-state index contributed by atoms with van der Waals surface area (Å²) in [5, 5.41) is 4.78. The molecule has 2 heterocycles. The maximum absolute atomic E-state index is 4.58. The van der Waals surface area contributed by atoms with Crippen molar-refractivity contribution in [3.63, 3.8) is 0 Å². The maximum atomic E-state index is 4.58. The number of nitrogens with one attached hydrogen (secondary N) is 1. The van der Waals surface area contributed by atoms with Gasteiger partial charge in [-0.2, -0.15) is 0 Å². The van der Waals surface area contributed by atoms with E-state index >= 15 is 0 Å². The zero-order valence-electron chi connectivity index (χ0n) is 10.4. The van der Waals surface area contributed by atoms with Gasteiger partial charge in [0, 0.05) is 17.5 Å². The highest BCUT2D eigenvalue weighted by Crippen LogP contribution is 2.18. The first-order chi connectivity index (χ1) is 7.65. The second-order valence-electron chi connectivity index (χ2n) is 4.74. The van der Waals surface area contributed by atoms with E-state index in [4.69, 9.17) is 0 Å². The molecule has 90 valence electrons. The molecule has 1 fully saturated rings. The van der Waals surface area contributed by atoms with Crippen molar-refractivity contribution >= 4 is 11.3 Å². The normalized spacial score (nSPS) is 20.9. The summed E-state index contributed by atoms with van der Waals surface area (Å²) in [7, 11) is 2.19. The molecule has 1 aliphatic heterocycles. The number of hydrogen-bond acceptors (Lipinski definition) is 4. The fourth-order valence-corrected chi connectivity index (χ4v) is 3.21. The molecule has 1 unspecified atom stereocenters. The molecule has 0 bridgehead atoms. The molecular formula is C12H21N3S. The third-order valence-corrected chi connectivity index (χ3v) is 4.23. The lowest BCUT2D eigenvalue weighted by Crippen LogP contribution is -2.34. The molecule has 16 heavy (non-hydrogen) atoms. The van der Waals surface area contributed by atoms with Gasteiger partial charge in [0.2, 0.25) is 0 Å². The molecule has 3 nitrogen and oxygen atoms in total. The van der Waals surface area contributed by atoms with E-state index in [2.05, 4.69) is 36.1 Å². The topological polar surface area (TPSA) is 28.2 Å². The van der Waals surface area contributed by atoms with Gasteiger partial charge in [0.05, 0.1) is 12.2 Å². The van der Waals surface area contributed by atoms with Crippen LogP contribution in [0.4, 0.5) is 0 Å². The Morgan fingerprint density at radius 2 is 2.31 bits per heavy atom. The number of aryl methyl sites for hydroxylation is 2. The van der Waals surface area contributed by atoms with E-state index in [1.165, 1.54) is 35.0 Å². The summed E-state index contributed by atoms with van der Waals surface area (Å²) in [5.41, 5.74) is 1.19. The number of likely N-dealkylation sites (N-methyl/N-ethyl adjacent to an activating group) is 1. The summed E-state index contributed by atoms with van der Waals surface area (Å²) in [6.07, 6.45) is 2.65. The first-order valence-electron chi connectivity index (χ1n) is 6.00. The Kier molecular flexibility index (Phi) is 3.95. The molecule has 0 spiro atoms. The molecule has 1 atom stereocenters. The Morgan fingerprint density at radius 1 is 1.50 bits per heavy atom. The predicted molar refractivity (Wildman–Crippen MR) is 68.9 cm³/mol. The Morgan fingerprint density at radius 3 is 2.88 bits per heavy atom. The van der Waals surface area contributed by atoms with Crippen molar-refractivity contribution in [1.82, 2.24) is 15.2 Å².